The molecule has 5 heteroatoms. The van der Waals surface area contributed by atoms with Crippen LogP contribution in [0.5, 0.6) is 0 Å². The molecule has 3 aromatic rings. The summed E-state index contributed by atoms with van der Waals surface area (Å²) in [6.07, 6.45) is 3.30. The second kappa shape index (κ2) is 4.99. The molecule has 2 heterocycles. The number of carbonyl (C=O) groups is 1. The second-order valence-corrected chi connectivity index (χ2v) is 5.66. The molecule has 0 fully saturated rings. The van der Waals surface area contributed by atoms with Gasteiger partial charge in [-0.3, -0.25) is 4.79 Å². The van der Waals surface area contributed by atoms with Crippen molar-refractivity contribution < 1.29 is 4.79 Å². The van der Waals surface area contributed by atoms with Crippen LogP contribution in [0.3, 0.4) is 0 Å². The first-order valence-corrected chi connectivity index (χ1v) is 6.83. The zero-order chi connectivity index (χ0) is 13.2. The first kappa shape index (κ1) is 12.1. The van der Waals surface area contributed by atoms with Gasteiger partial charge >= 0.3 is 0 Å². The maximum Gasteiger partial charge on any atom is 0.206 e. The van der Waals surface area contributed by atoms with E-state index in [-0.39, 0.29) is 5.78 Å². The van der Waals surface area contributed by atoms with Gasteiger partial charge in [-0.2, -0.15) is 5.10 Å². The van der Waals surface area contributed by atoms with Gasteiger partial charge in [-0.1, -0.05) is 29.8 Å². The largest absolute Gasteiger partial charge is 0.288 e. The van der Waals surface area contributed by atoms with E-state index >= 15 is 0 Å². The van der Waals surface area contributed by atoms with E-state index in [9.17, 15) is 4.79 Å². The van der Waals surface area contributed by atoms with Gasteiger partial charge in [-0.15, -0.1) is 11.3 Å². The molecule has 0 bridgehead atoms. The lowest BCUT2D eigenvalue weighted by molar-refractivity contribution is 0.104. The van der Waals surface area contributed by atoms with Crippen LogP contribution in [-0.2, 0) is 0 Å². The van der Waals surface area contributed by atoms with E-state index in [1.807, 2.05) is 30.3 Å². The third kappa shape index (κ3) is 2.45. The number of aromatic nitrogens is 2. The predicted octanol–water partition coefficient (Wildman–Crippen LogP) is 3.82. The van der Waals surface area contributed by atoms with Gasteiger partial charge in [-0.05, 0) is 24.3 Å². The highest BCUT2D eigenvalue weighted by Crippen LogP contribution is 2.24. The highest BCUT2D eigenvalue weighted by molar-refractivity contribution is 7.18. The third-order valence-corrected chi connectivity index (χ3v) is 3.89. The Hall–Kier alpha value is -1.91. The molecule has 0 aliphatic heterocycles. The van der Waals surface area contributed by atoms with Gasteiger partial charge in [0.15, 0.2) is 0 Å². The van der Waals surface area contributed by atoms with Gasteiger partial charge in [0.25, 0.3) is 0 Å². The summed E-state index contributed by atoms with van der Waals surface area (Å²) in [6.45, 7) is 0. The van der Waals surface area contributed by atoms with Crippen molar-refractivity contribution in [2.45, 2.75) is 0 Å². The summed E-state index contributed by atoms with van der Waals surface area (Å²) in [4.78, 5) is 12.8. The van der Waals surface area contributed by atoms with Crippen molar-refractivity contribution >= 4 is 28.7 Å². The zero-order valence-electron chi connectivity index (χ0n) is 9.79. The van der Waals surface area contributed by atoms with Crippen LogP contribution >= 0.6 is 22.9 Å². The van der Waals surface area contributed by atoms with Gasteiger partial charge < -0.3 is 0 Å². The molecular formula is C14H9ClN2OS. The minimum absolute atomic E-state index is 0.0564. The fourth-order valence-electron chi connectivity index (χ4n) is 1.74. The summed E-state index contributed by atoms with van der Waals surface area (Å²) >= 11 is 7.11. The van der Waals surface area contributed by atoms with E-state index in [1.165, 1.54) is 11.3 Å². The Morgan fingerprint density at radius 2 is 1.95 bits per heavy atom. The molecule has 0 aliphatic carbocycles. The number of carbonyl (C=O) groups excluding carboxylic acids is 1. The van der Waals surface area contributed by atoms with Crippen LogP contribution in [0.25, 0.3) is 5.69 Å². The Kier molecular flexibility index (Phi) is 3.19. The van der Waals surface area contributed by atoms with Gasteiger partial charge in [-0.25, -0.2) is 4.68 Å². The van der Waals surface area contributed by atoms with Crippen LogP contribution < -0.4 is 0 Å². The monoisotopic (exact) mass is 288 g/mol. The number of para-hydroxylation sites is 1. The number of hydrogen-bond acceptors (Lipinski definition) is 3. The average molecular weight is 289 g/mol. The molecule has 1 aromatic carbocycles. The number of rotatable bonds is 3. The van der Waals surface area contributed by atoms with Crippen molar-refractivity contribution in [3.8, 4) is 5.69 Å². The summed E-state index contributed by atoms with van der Waals surface area (Å²) in [5.41, 5.74) is 1.48. The average Bonchev–Trinajstić information content (AvgIpc) is 3.08. The van der Waals surface area contributed by atoms with Crippen LogP contribution in [0.15, 0.2) is 54.9 Å². The van der Waals surface area contributed by atoms with Crippen molar-refractivity contribution in [1.82, 2.24) is 9.78 Å². The lowest BCUT2D eigenvalue weighted by Crippen LogP contribution is -1.97. The smallest absolute Gasteiger partial charge is 0.206 e. The fourth-order valence-corrected chi connectivity index (χ4v) is 2.75. The standard InChI is InChI=1S/C14H9ClN2OS/c15-13-7-6-12(19-13)14(18)10-8-16-17(9-10)11-4-2-1-3-5-11/h1-9H. The molecule has 19 heavy (non-hydrogen) atoms. The van der Waals surface area contributed by atoms with E-state index in [1.54, 1.807) is 29.2 Å². The number of benzene rings is 1. The minimum Gasteiger partial charge on any atom is -0.288 e. The molecular weight excluding hydrogens is 280 g/mol. The van der Waals surface area contributed by atoms with E-state index in [4.69, 9.17) is 11.6 Å². The predicted molar refractivity (Wildman–Crippen MR) is 76.3 cm³/mol. The number of nitrogens with zero attached hydrogens (tertiary/aromatic N) is 2. The quantitative estimate of drug-likeness (QED) is 0.687. The van der Waals surface area contributed by atoms with Crippen molar-refractivity contribution in [2.24, 2.45) is 0 Å². The molecule has 0 radical (unpaired) electrons. The summed E-state index contributed by atoms with van der Waals surface area (Å²) in [5, 5.41) is 4.21. The maximum atomic E-state index is 12.2. The Bertz CT molecular complexity index is 718. The Morgan fingerprint density at radius 1 is 1.16 bits per heavy atom. The first-order chi connectivity index (χ1) is 9.24. The van der Waals surface area contributed by atoms with Crippen LogP contribution in [0.4, 0.5) is 0 Å². The summed E-state index contributed by atoms with van der Waals surface area (Å²) < 4.78 is 2.29. The normalized spacial score (nSPS) is 10.6. The number of ketones is 1. The topological polar surface area (TPSA) is 34.9 Å². The second-order valence-electron chi connectivity index (χ2n) is 3.94. The molecule has 2 aromatic heterocycles. The minimum atomic E-state index is -0.0564. The van der Waals surface area contributed by atoms with Crippen molar-refractivity contribution in [1.29, 1.82) is 0 Å². The summed E-state index contributed by atoms with van der Waals surface area (Å²) in [6, 6.07) is 13.1. The van der Waals surface area contributed by atoms with Gasteiger partial charge in [0.05, 0.1) is 26.7 Å². The van der Waals surface area contributed by atoms with Crippen molar-refractivity contribution in [3.05, 3.63) is 69.6 Å². The van der Waals surface area contributed by atoms with Crippen LogP contribution in [0, 0.1) is 0 Å². The van der Waals surface area contributed by atoms with E-state index in [2.05, 4.69) is 5.10 Å². The molecule has 0 atom stereocenters. The summed E-state index contributed by atoms with van der Waals surface area (Å²) in [5.74, 6) is -0.0564. The molecule has 0 spiro atoms. The maximum absolute atomic E-state index is 12.2. The molecule has 94 valence electrons. The lowest BCUT2D eigenvalue weighted by Gasteiger charge is -1.98. The lowest BCUT2D eigenvalue weighted by atomic mass is 10.2. The Morgan fingerprint density at radius 3 is 2.63 bits per heavy atom. The third-order valence-electron chi connectivity index (χ3n) is 2.66. The van der Waals surface area contributed by atoms with E-state index < -0.39 is 0 Å². The molecule has 0 aliphatic rings. The molecule has 0 unspecified atom stereocenters. The first-order valence-electron chi connectivity index (χ1n) is 5.64. The van der Waals surface area contributed by atoms with Crippen molar-refractivity contribution in [2.75, 3.05) is 0 Å². The molecule has 3 nitrogen and oxygen atoms in total. The van der Waals surface area contributed by atoms with Crippen molar-refractivity contribution in [3.63, 3.8) is 0 Å². The molecule has 0 N–H and O–H groups in total. The Balaban J connectivity index is 1.92. The number of thiophene rings is 1. The van der Waals surface area contributed by atoms with E-state index in [0.29, 0.717) is 14.8 Å². The summed E-state index contributed by atoms with van der Waals surface area (Å²) in [7, 11) is 0. The number of halogens is 1. The molecule has 0 saturated carbocycles. The molecule has 0 amide bonds. The highest BCUT2D eigenvalue weighted by Gasteiger charge is 2.14. The van der Waals surface area contributed by atoms with Gasteiger partial charge in [0, 0.05) is 6.20 Å². The fraction of sp³-hybridized carbons (Fsp3) is 0. The van der Waals surface area contributed by atoms with Gasteiger partial charge in [0.1, 0.15) is 0 Å². The molecule has 3 rings (SSSR count). The zero-order valence-corrected chi connectivity index (χ0v) is 11.4. The van der Waals surface area contributed by atoms with Crippen LogP contribution in [-0.4, -0.2) is 15.6 Å². The van der Waals surface area contributed by atoms with Crippen LogP contribution in [0.2, 0.25) is 4.34 Å². The van der Waals surface area contributed by atoms with Gasteiger partial charge in [0.2, 0.25) is 5.78 Å². The SMILES string of the molecule is O=C(c1cnn(-c2ccccc2)c1)c1ccc(Cl)s1. The Labute approximate surface area is 119 Å². The number of hydrogen-bond donors (Lipinski definition) is 0. The molecule has 0 saturated heterocycles. The highest BCUT2D eigenvalue weighted by atomic mass is 35.5. The van der Waals surface area contributed by atoms with Crippen LogP contribution in [0.1, 0.15) is 15.2 Å². The van der Waals surface area contributed by atoms with E-state index in [0.717, 1.165) is 5.69 Å².